The second-order valence-electron chi connectivity index (χ2n) is 4.15. The van der Waals surface area contributed by atoms with Gasteiger partial charge in [-0.2, -0.15) is 0 Å². The lowest BCUT2D eigenvalue weighted by Crippen LogP contribution is -2.17. The molecule has 0 aliphatic heterocycles. The second-order valence-corrected chi connectivity index (χ2v) is 4.15. The van der Waals surface area contributed by atoms with Gasteiger partial charge in [-0.05, 0) is 25.5 Å². The third-order valence-electron chi connectivity index (χ3n) is 2.74. The molecular formula is C14H17NO. The average Bonchev–Trinajstić information content (AvgIpc) is 2.79. The summed E-state index contributed by atoms with van der Waals surface area (Å²) in [6.45, 7) is 5.14. The molecule has 84 valence electrons. The van der Waals surface area contributed by atoms with E-state index in [0.717, 1.165) is 6.54 Å². The Labute approximate surface area is 96.3 Å². The molecule has 1 unspecified atom stereocenters. The van der Waals surface area contributed by atoms with Gasteiger partial charge in [-0.25, -0.2) is 0 Å². The first-order valence-corrected chi connectivity index (χ1v) is 5.57. The van der Waals surface area contributed by atoms with Crippen LogP contribution in [0.3, 0.4) is 0 Å². The van der Waals surface area contributed by atoms with E-state index < -0.39 is 0 Å². The predicted molar refractivity (Wildman–Crippen MR) is 65.1 cm³/mol. The summed E-state index contributed by atoms with van der Waals surface area (Å²) in [5.41, 5.74) is 3.80. The van der Waals surface area contributed by atoms with Crippen LogP contribution in [0.5, 0.6) is 0 Å². The van der Waals surface area contributed by atoms with E-state index in [9.17, 15) is 0 Å². The third-order valence-corrected chi connectivity index (χ3v) is 2.74. The standard InChI is InChI=1S/C14H17NO/c1-11-4-3-5-13(8-11)9-15-12(2)14-6-7-16-10-14/h3-8,10,12,15H,9H2,1-2H3. The maximum atomic E-state index is 5.07. The van der Waals surface area contributed by atoms with Gasteiger partial charge in [0, 0.05) is 18.2 Å². The lowest BCUT2D eigenvalue weighted by Gasteiger charge is -2.12. The molecule has 1 aromatic heterocycles. The molecule has 2 rings (SSSR count). The molecule has 0 radical (unpaired) electrons. The molecule has 0 aliphatic carbocycles. The van der Waals surface area contributed by atoms with Crippen molar-refractivity contribution in [2.24, 2.45) is 0 Å². The fourth-order valence-electron chi connectivity index (χ4n) is 1.73. The summed E-state index contributed by atoms with van der Waals surface area (Å²) in [5.74, 6) is 0. The van der Waals surface area contributed by atoms with Crippen molar-refractivity contribution < 1.29 is 4.42 Å². The molecule has 1 N–H and O–H groups in total. The minimum Gasteiger partial charge on any atom is -0.472 e. The Morgan fingerprint density at radius 3 is 2.88 bits per heavy atom. The van der Waals surface area contributed by atoms with E-state index in [4.69, 9.17) is 4.42 Å². The lowest BCUT2D eigenvalue weighted by molar-refractivity contribution is 0.538. The summed E-state index contributed by atoms with van der Waals surface area (Å²) in [4.78, 5) is 0. The van der Waals surface area contributed by atoms with Crippen LogP contribution in [0.15, 0.2) is 47.3 Å². The van der Waals surface area contributed by atoms with Gasteiger partial charge in [0.25, 0.3) is 0 Å². The van der Waals surface area contributed by atoms with Crippen LogP contribution in [0, 0.1) is 6.92 Å². The van der Waals surface area contributed by atoms with Gasteiger partial charge in [-0.3, -0.25) is 0 Å². The predicted octanol–water partition coefficient (Wildman–Crippen LogP) is 3.44. The summed E-state index contributed by atoms with van der Waals surface area (Å²) in [7, 11) is 0. The first-order valence-electron chi connectivity index (χ1n) is 5.57. The van der Waals surface area contributed by atoms with Gasteiger partial charge >= 0.3 is 0 Å². The molecule has 0 bridgehead atoms. The first-order chi connectivity index (χ1) is 7.75. The van der Waals surface area contributed by atoms with Gasteiger partial charge in [0.2, 0.25) is 0 Å². The molecule has 0 saturated carbocycles. The Balaban J connectivity index is 1.92. The number of hydrogen-bond donors (Lipinski definition) is 1. The van der Waals surface area contributed by atoms with Crippen LogP contribution in [-0.2, 0) is 6.54 Å². The molecule has 2 nitrogen and oxygen atoms in total. The van der Waals surface area contributed by atoms with Crippen LogP contribution < -0.4 is 5.32 Å². The number of furan rings is 1. The minimum absolute atomic E-state index is 0.319. The van der Waals surface area contributed by atoms with E-state index in [1.165, 1.54) is 16.7 Å². The first kappa shape index (κ1) is 11.0. The van der Waals surface area contributed by atoms with Gasteiger partial charge in [0.15, 0.2) is 0 Å². The summed E-state index contributed by atoms with van der Waals surface area (Å²) in [6.07, 6.45) is 3.49. The zero-order valence-corrected chi connectivity index (χ0v) is 9.73. The van der Waals surface area contributed by atoms with E-state index in [0.29, 0.717) is 6.04 Å². The molecule has 0 saturated heterocycles. The van der Waals surface area contributed by atoms with Crippen molar-refractivity contribution >= 4 is 0 Å². The maximum Gasteiger partial charge on any atom is 0.0950 e. The normalized spacial score (nSPS) is 12.6. The molecule has 1 heterocycles. The second kappa shape index (κ2) is 4.99. The van der Waals surface area contributed by atoms with E-state index >= 15 is 0 Å². The van der Waals surface area contributed by atoms with Gasteiger partial charge in [-0.1, -0.05) is 29.8 Å². The number of benzene rings is 1. The van der Waals surface area contributed by atoms with Crippen molar-refractivity contribution in [1.82, 2.24) is 5.32 Å². The van der Waals surface area contributed by atoms with Crippen LogP contribution in [-0.4, -0.2) is 0 Å². The smallest absolute Gasteiger partial charge is 0.0950 e. The van der Waals surface area contributed by atoms with Crippen molar-refractivity contribution in [3.63, 3.8) is 0 Å². The van der Waals surface area contributed by atoms with Crippen LogP contribution in [0.2, 0.25) is 0 Å². The molecule has 2 aromatic rings. The van der Waals surface area contributed by atoms with Gasteiger partial charge in [-0.15, -0.1) is 0 Å². The zero-order valence-electron chi connectivity index (χ0n) is 9.73. The van der Waals surface area contributed by atoms with Crippen LogP contribution in [0.4, 0.5) is 0 Å². The Morgan fingerprint density at radius 2 is 2.19 bits per heavy atom. The molecule has 0 fully saturated rings. The number of rotatable bonds is 4. The number of aryl methyl sites for hydroxylation is 1. The average molecular weight is 215 g/mol. The highest BCUT2D eigenvalue weighted by atomic mass is 16.3. The van der Waals surface area contributed by atoms with Gasteiger partial charge in [0.05, 0.1) is 12.5 Å². The third kappa shape index (κ3) is 2.74. The zero-order chi connectivity index (χ0) is 11.4. The topological polar surface area (TPSA) is 25.2 Å². The minimum atomic E-state index is 0.319. The highest BCUT2D eigenvalue weighted by Gasteiger charge is 2.05. The van der Waals surface area contributed by atoms with Crippen molar-refractivity contribution in [3.8, 4) is 0 Å². The fraction of sp³-hybridized carbons (Fsp3) is 0.286. The summed E-state index contributed by atoms with van der Waals surface area (Å²) in [6, 6.07) is 10.9. The number of hydrogen-bond acceptors (Lipinski definition) is 2. The van der Waals surface area contributed by atoms with Gasteiger partial charge < -0.3 is 9.73 Å². The molecular weight excluding hydrogens is 198 g/mol. The fourth-order valence-corrected chi connectivity index (χ4v) is 1.73. The molecule has 2 heteroatoms. The summed E-state index contributed by atoms with van der Waals surface area (Å²) >= 11 is 0. The summed E-state index contributed by atoms with van der Waals surface area (Å²) in [5, 5.41) is 3.47. The highest BCUT2D eigenvalue weighted by Crippen LogP contribution is 2.13. The van der Waals surface area contributed by atoms with Crippen LogP contribution >= 0.6 is 0 Å². The molecule has 16 heavy (non-hydrogen) atoms. The van der Waals surface area contributed by atoms with E-state index in [-0.39, 0.29) is 0 Å². The lowest BCUT2D eigenvalue weighted by atomic mass is 10.1. The molecule has 1 atom stereocenters. The largest absolute Gasteiger partial charge is 0.472 e. The maximum absolute atomic E-state index is 5.07. The number of nitrogens with one attached hydrogen (secondary N) is 1. The molecule has 0 aliphatic rings. The summed E-state index contributed by atoms with van der Waals surface area (Å²) < 4.78 is 5.07. The monoisotopic (exact) mass is 215 g/mol. The van der Waals surface area contributed by atoms with E-state index in [1.807, 2.05) is 6.07 Å². The Kier molecular flexibility index (Phi) is 3.42. The highest BCUT2D eigenvalue weighted by molar-refractivity contribution is 5.22. The molecule has 0 amide bonds. The van der Waals surface area contributed by atoms with Crippen molar-refractivity contribution in [1.29, 1.82) is 0 Å². The van der Waals surface area contributed by atoms with Crippen molar-refractivity contribution in [2.75, 3.05) is 0 Å². The Morgan fingerprint density at radius 1 is 1.31 bits per heavy atom. The molecule has 0 spiro atoms. The quantitative estimate of drug-likeness (QED) is 0.845. The van der Waals surface area contributed by atoms with E-state index in [1.54, 1.807) is 12.5 Å². The Bertz CT molecular complexity index is 434. The van der Waals surface area contributed by atoms with Crippen molar-refractivity contribution in [2.45, 2.75) is 26.4 Å². The Hall–Kier alpha value is -1.54. The van der Waals surface area contributed by atoms with Gasteiger partial charge in [0.1, 0.15) is 0 Å². The molecule has 1 aromatic carbocycles. The SMILES string of the molecule is Cc1cccc(CNC(C)c2ccoc2)c1. The van der Waals surface area contributed by atoms with Crippen LogP contribution in [0.25, 0.3) is 0 Å². The van der Waals surface area contributed by atoms with Crippen molar-refractivity contribution in [3.05, 3.63) is 59.5 Å². The van der Waals surface area contributed by atoms with Crippen LogP contribution in [0.1, 0.15) is 29.7 Å². The van der Waals surface area contributed by atoms with E-state index in [2.05, 4.69) is 43.4 Å².